The van der Waals surface area contributed by atoms with Crippen LogP contribution in [0.2, 0.25) is 0 Å². The molecule has 0 aliphatic heterocycles. The van der Waals surface area contributed by atoms with Gasteiger partial charge in [-0.05, 0) is 43.5 Å². The van der Waals surface area contributed by atoms with Crippen molar-refractivity contribution in [2.24, 2.45) is 5.92 Å². The summed E-state index contributed by atoms with van der Waals surface area (Å²) in [5.74, 6) is 0.973. The van der Waals surface area contributed by atoms with Gasteiger partial charge in [0.1, 0.15) is 5.76 Å². The number of nitrogens with zero attached hydrogens (tertiary/aromatic N) is 2. The molecule has 0 aliphatic carbocycles. The van der Waals surface area contributed by atoms with Crippen LogP contribution in [0, 0.1) is 5.92 Å². The Morgan fingerprint density at radius 2 is 2.04 bits per heavy atom. The van der Waals surface area contributed by atoms with Gasteiger partial charge in [0, 0.05) is 24.9 Å². The van der Waals surface area contributed by atoms with Crippen molar-refractivity contribution in [2.45, 2.75) is 53.6 Å². The number of hydroxylamine groups is 1. The molecule has 0 spiro atoms. The average molecular weight is 389 g/mol. The van der Waals surface area contributed by atoms with E-state index in [0.717, 1.165) is 18.7 Å². The van der Waals surface area contributed by atoms with Gasteiger partial charge in [-0.2, -0.15) is 0 Å². The first-order chi connectivity index (χ1) is 13.4. The normalized spacial score (nSPS) is 11.0. The zero-order chi connectivity index (χ0) is 20.5. The van der Waals surface area contributed by atoms with Crippen LogP contribution in [0.25, 0.3) is 0 Å². The second kappa shape index (κ2) is 10.7. The fourth-order valence-electron chi connectivity index (χ4n) is 2.92. The van der Waals surface area contributed by atoms with E-state index in [0.29, 0.717) is 37.8 Å². The van der Waals surface area contributed by atoms with Crippen LogP contribution in [0.1, 0.15) is 62.5 Å². The predicted octanol–water partition coefficient (Wildman–Crippen LogP) is 3.60. The topological polar surface area (TPSA) is 76.7 Å². The lowest BCUT2D eigenvalue weighted by molar-refractivity contribution is -0.132. The Morgan fingerprint density at radius 1 is 1.25 bits per heavy atom. The highest BCUT2D eigenvalue weighted by molar-refractivity contribution is 5.90. The van der Waals surface area contributed by atoms with Gasteiger partial charge in [0.15, 0.2) is 5.76 Å². The minimum atomic E-state index is -0.408. The van der Waals surface area contributed by atoms with Crippen LogP contribution in [0.5, 0.6) is 0 Å². The van der Waals surface area contributed by atoms with Crippen molar-refractivity contribution in [2.75, 3.05) is 13.2 Å². The van der Waals surface area contributed by atoms with E-state index < -0.39 is 5.91 Å². The molecule has 28 heavy (non-hydrogen) atoms. The number of aromatic nitrogens is 1. The van der Waals surface area contributed by atoms with Gasteiger partial charge in [0.05, 0.1) is 19.7 Å². The first-order valence-electron chi connectivity index (χ1n) is 9.87. The molecule has 0 aliphatic rings. The number of nitrogens with one attached hydrogen (secondary N) is 1. The first kappa shape index (κ1) is 21.8. The maximum atomic E-state index is 12.5. The van der Waals surface area contributed by atoms with Crippen molar-refractivity contribution in [1.82, 2.24) is 14.9 Å². The monoisotopic (exact) mass is 389 g/mol. The van der Waals surface area contributed by atoms with E-state index in [4.69, 9.17) is 9.25 Å². The zero-order valence-corrected chi connectivity index (χ0v) is 17.2. The molecule has 2 aromatic heterocycles. The van der Waals surface area contributed by atoms with Crippen LogP contribution in [0.4, 0.5) is 0 Å². The molecule has 0 saturated heterocycles. The standard InChI is InChI=1S/C21H31N3O4/c1-5-11-24(20(25)13-16(3)4)14-17-8-7-12-23(17)15-18-9-10-19(28-18)21(26)22-27-6-2/h7-10,12,16H,5-6,11,13-15H2,1-4H3,(H,22,26). The molecule has 0 unspecified atom stereocenters. The lowest BCUT2D eigenvalue weighted by atomic mass is 10.1. The summed E-state index contributed by atoms with van der Waals surface area (Å²) in [7, 11) is 0. The fraction of sp³-hybridized carbons (Fsp3) is 0.524. The SMILES string of the molecule is CCCN(Cc1cccn1Cc1ccc(C(=O)NOCC)o1)C(=O)CC(C)C. The Morgan fingerprint density at radius 3 is 2.71 bits per heavy atom. The van der Waals surface area contributed by atoms with Gasteiger partial charge in [-0.15, -0.1) is 0 Å². The molecule has 2 rings (SSSR count). The summed E-state index contributed by atoms with van der Waals surface area (Å²) >= 11 is 0. The van der Waals surface area contributed by atoms with Crippen LogP contribution in [0.3, 0.4) is 0 Å². The Balaban J connectivity index is 2.05. The summed E-state index contributed by atoms with van der Waals surface area (Å²) in [6.45, 7) is 10.1. The van der Waals surface area contributed by atoms with E-state index in [2.05, 4.69) is 26.3 Å². The lowest BCUT2D eigenvalue weighted by Gasteiger charge is -2.24. The molecule has 0 fully saturated rings. The fourth-order valence-corrected chi connectivity index (χ4v) is 2.92. The number of amides is 2. The lowest BCUT2D eigenvalue weighted by Crippen LogP contribution is -2.32. The van der Waals surface area contributed by atoms with E-state index >= 15 is 0 Å². The minimum Gasteiger partial charge on any atom is -0.454 e. The average Bonchev–Trinajstić information content (AvgIpc) is 3.29. The van der Waals surface area contributed by atoms with Crippen molar-refractivity contribution in [3.8, 4) is 0 Å². The number of hydrogen-bond donors (Lipinski definition) is 1. The highest BCUT2D eigenvalue weighted by Crippen LogP contribution is 2.15. The van der Waals surface area contributed by atoms with Crippen molar-refractivity contribution in [1.29, 1.82) is 0 Å². The van der Waals surface area contributed by atoms with Crippen LogP contribution >= 0.6 is 0 Å². The first-order valence-corrected chi connectivity index (χ1v) is 9.87. The molecule has 7 heteroatoms. The van der Waals surface area contributed by atoms with Gasteiger partial charge in [-0.3, -0.25) is 14.4 Å². The minimum absolute atomic E-state index is 0.178. The van der Waals surface area contributed by atoms with Gasteiger partial charge in [-0.25, -0.2) is 5.48 Å². The second-order valence-electron chi connectivity index (χ2n) is 7.17. The predicted molar refractivity (Wildman–Crippen MR) is 106 cm³/mol. The summed E-state index contributed by atoms with van der Waals surface area (Å²) in [6, 6.07) is 7.37. The molecule has 0 aromatic carbocycles. The summed E-state index contributed by atoms with van der Waals surface area (Å²) < 4.78 is 7.67. The van der Waals surface area contributed by atoms with Crippen molar-refractivity contribution < 1.29 is 18.8 Å². The van der Waals surface area contributed by atoms with E-state index in [1.165, 1.54) is 0 Å². The maximum Gasteiger partial charge on any atom is 0.310 e. The Kier molecular flexibility index (Phi) is 8.32. The third-order valence-electron chi connectivity index (χ3n) is 4.23. The van der Waals surface area contributed by atoms with E-state index in [1.807, 2.05) is 27.8 Å². The third-order valence-corrected chi connectivity index (χ3v) is 4.23. The second-order valence-corrected chi connectivity index (χ2v) is 7.17. The quantitative estimate of drug-likeness (QED) is 0.596. The molecule has 0 bridgehead atoms. The number of rotatable bonds is 11. The molecule has 0 radical (unpaired) electrons. The molecule has 2 amide bonds. The van der Waals surface area contributed by atoms with Crippen molar-refractivity contribution >= 4 is 11.8 Å². The molecular formula is C21H31N3O4. The summed E-state index contributed by atoms with van der Waals surface area (Å²) in [5.41, 5.74) is 3.35. The molecule has 1 N–H and O–H groups in total. The highest BCUT2D eigenvalue weighted by Gasteiger charge is 2.17. The van der Waals surface area contributed by atoms with Crippen molar-refractivity contribution in [3.63, 3.8) is 0 Å². The van der Waals surface area contributed by atoms with E-state index in [9.17, 15) is 9.59 Å². The van der Waals surface area contributed by atoms with Crippen LogP contribution in [0.15, 0.2) is 34.9 Å². The van der Waals surface area contributed by atoms with Crippen LogP contribution in [-0.4, -0.2) is 34.4 Å². The van der Waals surface area contributed by atoms with E-state index in [-0.39, 0.29) is 11.7 Å². The molecule has 2 heterocycles. The smallest absolute Gasteiger partial charge is 0.310 e. The molecular weight excluding hydrogens is 358 g/mol. The Bertz CT molecular complexity index is 763. The molecule has 2 aromatic rings. The Hall–Kier alpha value is -2.54. The van der Waals surface area contributed by atoms with Gasteiger partial charge in [0.25, 0.3) is 0 Å². The number of hydrogen-bond acceptors (Lipinski definition) is 4. The summed E-state index contributed by atoms with van der Waals surface area (Å²) in [6.07, 6.45) is 3.42. The van der Waals surface area contributed by atoms with Gasteiger partial charge >= 0.3 is 5.91 Å². The molecule has 0 atom stereocenters. The number of carbonyl (C=O) groups excluding carboxylic acids is 2. The van der Waals surface area contributed by atoms with E-state index in [1.54, 1.807) is 19.1 Å². The zero-order valence-electron chi connectivity index (χ0n) is 17.2. The largest absolute Gasteiger partial charge is 0.454 e. The molecule has 7 nitrogen and oxygen atoms in total. The molecule has 154 valence electrons. The Labute approximate surface area is 166 Å². The summed E-state index contributed by atoms with van der Waals surface area (Å²) in [5, 5.41) is 0. The highest BCUT2D eigenvalue weighted by atomic mass is 16.7. The molecule has 0 saturated carbocycles. The van der Waals surface area contributed by atoms with Gasteiger partial charge < -0.3 is 13.9 Å². The van der Waals surface area contributed by atoms with Gasteiger partial charge in [0.2, 0.25) is 5.91 Å². The number of carbonyl (C=O) groups is 2. The summed E-state index contributed by atoms with van der Waals surface area (Å²) in [4.78, 5) is 31.2. The van der Waals surface area contributed by atoms with Crippen LogP contribution in [-0.2, 0) is 22.7 Å². The van der Waals surface area contributed by atoms with Gasteiger partial charge in [-0.1, -0.05) is 20.8 Å². The van der Waals surface area contributed by atoms with Crippen LogP contribution < -0.4 is 5.48 Å². The third kappa shape index (κ3) is 6.27. The van der Waals surface area contributed by atoms with Crippen molar-refractivity contribution in [3.05, 3.63) is 47.7 Å². The number of furan rings is 1. The maximum absolute atomic E-state index is 12.5.